The number of hydrogen-bond donors (Lipinski definition) is 2. The highest BCUT2D eigenvalue weighted by Gasteiger charge is 2.22. The lowest BCUT2D eigenvalue weighted by atomic mass is 9.99. The van der Waals surface area contributed by atoms with E-state index in [0.29, 0.717) is 11.5 Å². The molecule has 174 valence electrons. The minimum Gasteiger partial charge on any atom is -0.371 e. The number of anilines is 2. The maximum Gasteiger partial charge on any atom is 0.270 e. The monoisotopic (exact) mass is 485 g/mol. The average Bonchev–Trinajstić information content (AvgIpc) is 3.28. The molecular weight excluding hydrogens is 458 g/mol. The van der Waals surface area contributed by atoms with E-state index in [9.17, 15) is 13.2 Å². The predicted molar refractivity (Wildman–Crippen MR) is 130 cm³/mol. The van der Waals surface area contributed by atoms with Crippen molar-refractivity contribution < 1.29 is 13.2 Å². The average molecular weight is 486 g/mol. The Labute approximate surface area is 198 Å². The molecule has 8 nitrogen and oxygen atoms in total. The van der Waals surface area contributed by atoms with Crippen LogP contribution in [0.25, 0.3) is 0 Å². The van der Waals surface area contributed by atoms with Crippen LogP contribution in [0.3, 0.4) is 0 Å². The van der Waals surface area contributed by atoms with E-state index in [1.165, 1.54) is 12.8 Å². The van der Waals surface area contributed by atoms with Gasteiger partial charge in [0.1, 0.15) is 0 Å². The fourth-order valence-corrected chi connectivity index (χ4v) is 5.80. The summed E-state index contributed by atoms with van der Waals surface area (Å²) in [6.45, 7) is 6.34. The second-order valence-electron chi connectivity index (χ2n) is 8.33. The summed E-state index contributed by atoms with van der Waals surface area (Å²) in [6, 6.07) is 15.1. The maximum atomic E-state index is 12.7. The van der Waals surface area contributed by atoms with E-state index in [4.69, 9.17) is 0 Å². The molecule has 2 heterocycles. The summed E-state index contributed by atoms with van der Waals surface area (Å²) in [5, 5.41) is 10.3. The number of benzene rings is 2. The first kappa shape index (κ1) is 23.3. The molecule has 0 saturated carbocycles. The fourth-order valence-electron chi connectivity index (χ4n) is 3.85. The van der Waals surface area contributed by atoms with Gasteiger partial charge in [-0.3, -0.25) is 10.1 Å². The van der Waals surface area contributed by atoms with E-state index in [1.54, 1.807) is 12.1 Å². The van der Waals surface area contributed by atoms with Gasteiger partial charge in [0.05, 0.1) is 0 Å². The Kier molecular flexibility index (Phi) is 7.06. The zero-order valence-corrected chi connectivity index (χ0v) is 20.2. The number of piperidine rings is 1. The van der Waals surface area contributed by atoms with E-state index >= 15 is 0 Å². The molecule has 0 unspecified atom stereocenters. The Balaban J connectivity index is 1.36. The normalized spacial score (nSPS) is 16.5. The zero-order chi connectivity index (χ0) is 23.4. The van der Waals surface area contributed by atoms with Gasteiger partial charge in [-0.2, -0.15) is 0 Å². The van der Waals surface area contributed by atoms with Gasteiger partial charge >= 0.3 is 0 Å². The highest BCUT2D eigenvalue weighted by Crippen LogP contribution is 2.24. The molecule has 0 spiro atoms. The third-order valence-electron chi connectivity index (χ3n) is 5.67. The van der Waals surface area contributed by atoms with E-state index < -0.39 is 10.0 Å². The predicted octanol–water partition coefficient (Wildman–Crippen LogP) is 3.81. The quantitative estimate of drug-likeness (QED) is 0.493. The van der Waals surface area contributed by atoms with Crippen LogP contribution in [0, 0.1) is 12.8 Å². The van der Waals surface area contributed by atoms with Gasteiger partial charge in [0.15, 0.2) is 0 Å². The van der Waals surface area contributed by atoms with Crippen molar-refractivity contribution in [1.29, 1.82) is 0 Å². The molecule has 33 heavy (non-hydrogen) atoms. The summed E-state index contributed by atoms with van der Waals surface area (Å²) in [4.78, 5) is 14.8. The third kappa shape index (κ3) is 5.76. The van der Waals surface area contributed by atoms with Crippen molar-refractivity contribution in [2.45, 2.75) is 37.6 Å². The number of sulfonamides is 1. The molecule has 1 amide bonds. The Morgan fingerprint density at radius 1 is 1.15 bits per heavy atom. The molecule has 1 aliphatic heterocycles. The van der Waals surface area contributed by atoms with E-state index in [1.807, 2.05) is 43.3 Å². The van der Waals surface area contributed by atoms with Gasteiger partial charge in [0, 0.05) is 30.9 Å². The number of nitrogens with one attached hydrogen (secondary N) is 2. The van der Waals surface area contributed by atoms with Crippen molar-refractivity contribution in [1.82, 2.24) is 14.9 Å². The smallest absolute Gasteiger partial charge is 0.270 e. The van der Waals surface area contributed by atoms with Crippen LogP contribution in [-0.4, -0.2) is 37.6 Å². The van der Waals surface area contributed by atoms with Crippen molar-refractivity contribution in [2.75, 3.05) is 23.3 Å². The summed E-state index contributed by atoms with van der Waals surface area (Å²) in [5.41, 5.74) is 3.32. The zero-order valence-electron chi connectivity index (χ0n) is 18.6. The van der Waals surface area contributed by atoms with Crippen LogP contribution in [0.2, 0.25) is 0 Å². The second-order valence-corrected chi connectivity index (χ2v) is 11.2. The van der Waals surface area contributed by atoms with Crippen LogP contribution >= 0.6 is 11.3 Å². The molecule has 1 fully saturated rings. The van der Waals surface area contributed by atoms with Crippen molar-refractivity contribution in [2.24, 2.45) is 5.92 Å². The molecule has 4 rings (SSSR count). The summed E-state index contributed by atoms with van der Waals surface area (Å²) in [7, 11) is -3.85. The first-order chi connectivity index (χ1) is 15.8. The highest BCUT2D eigenvalue weighted by atomic mass is 32.2. The van der Waals surface area contributed by atoms with Gasteiger partial charge in [-0.05, 0) is 55.0 Å². The van der Waals surface area contributed by atoms with Crippen molar-refractivity contribution in [3.63, 3.8) is 0 Å². The largest absolute Gasteiger partial charge is 0.371 e. The minimum absolute atomic E-state index is 0.128. The van der Waals surface area contributed by atoms with Gasteiger partial charge in [0.25, 0.3) is 15.9 Å². The number of hydrogen-bond acceptors (Lipinski definition) is 7. The number of carbonyl (C=O) groups is 1. The van der Waals surface area contributed by atoms with Crippen LogP contribution in [0.5, 0.6) is 0 Å². The molecular formula is C23H27N5O3S2. The van der Waals surface area contributed by atoms with Crippen LogP contribution in [0.4, 0.5) is 10.8 Å². The minimum atomic E-state index is -3.85. The third-order valence-corrected chi connectivity index (χ3v) is 8.28. The summed E-state index contributed by atoms with van der Waals surface area (Å²) in [5.74, 6) is 0.327. The lowest BCUT2D eigenvalue weighted by Gasteiger charge is -2.32. The van der Waals surface area contributed by atoms with E-state index in [2.05, 4.69) is 32.1 Å². The molecule has 0 aliphatic carbocycles. The first-order valence-corrected chi connectivity index (χ1v) is 13.2. The SMILES string of the molecule is Cc1ccccc1C(=O)Nc1nnc(S(=O)(=O)NCc2ccc(N3CCC[C@H](C)C3)cc2)s1. The standard InChI is InChI=1S/C23H27N5O3S2/c1-16-6-5-13-28(15-16)19-11-9-18(10-12-19)14-24-33(30,31)23-27-26-22(32-23)25-21(29)20-8-4-3-7-17(20)2/h3-4,7-12,16,24H,5-6,13-15H2,1-2H3,(H,25,26,29)/t16-/m0/s1. The molecule has 1 saturated heterocycles. The Morgan fingerprint density at radius 2 is 1.91 bits per heavy atom. The molecule has 2 aromatic carbocycles. The Hall–Kier alpha value is -2.82. The Morgan fingerprint density at radius 3 is 2.64 bits per heavy atom. The molecule has 1 aliphatic rings. The lowest BCUT2D eigenvalue weighted by Crippen LogP contribution is -2.34. The number of aromatic nitrogens is 2. The summed E-state index contributed by atoms with van der Waals surface area (Å²) < 4.78 is 27.7. The summed E-state index contributed by atoms with van der Waals surface area (Å²) >= 11 is 0.814. The molecule has 1 aromatic heterocycles. The highest BCUT2D eigenvalue weighted by molar-refractivity contribution is 7.91. The van der Waals surface area contributed by atoms with Crippen molar-refractivity contribution >= 4 is 38.1 Å². The molecule has 3 aromatic rings. The number of nitrogens with zero attached hydrogens (tertiary/aromatic N) is 3. The number of carbonyl (C=O) groups excluding carboxylic acids is 1. The molecule has 0 bridgehead atoms. The number of amides is 1. The van der Waals surface area contributed by atoms with Gasteiger partial charge < -0.3 is 4.90 Å². The Bertz CT molecular complexity index is 1220. The van der Waals surface area contributed by atoms with Crippen LogP contribution in [-0.2, 0) is 16.6 Å². The molecule has 1 atom stereocenters. The topological polar surface area (TPSA) is 104 Å². The van der Waals surface area contributed by atoms with Crippen LogP contribution in [0.1, 0.15) is 41.3 Å². The number of aryl methyl sites for hydroxylation is 1. The number of rotatable bonds is 7. The fraction of sp³-hybridized carbons (Fsp3) is 0.348. The van der Waals surface area contributed by atoms with Gasteiger partial charge in [-0.25, -0.2) is 13.1 Å². The summed E-state index contributed by atoms with van der Waals surface area (Å²) in [6.07, 6.45) is 2.46. The van der Waals surface area contributed by atoms with Crippen molar-refractivity contribution in [3.05, 3.63) is 65.2 Å². The van der Waals surface area contributed by atoms with E-state index in [0.717, 1.165) is 41.2 Å². The van der Waals surface area contributed by atoms with E-state index in [-0.39, 0.29) is 21.9 Å². The van der Waals surface area contributed by atoms with Gasteiger partial charge in [-0.1, -0.05) is 48.6 Å². The van der Waals surface area contributed by atoms with Crippen LogP contribution < -0.4 is 14.9 Å². The maximum absolute atomic E-state index is 12.7. The first-order valence-electron chi connectivity index (χ1n) is 10.9. The molecule has 10 heteroatoms. The lowest BCUT2D eigenvalue weighted by molar-refractivity contribution is 0.102. The second kappa shape index (κ2) is 9.98. The van der Waals surface area contributed by atoms with Crippen LogP contribution in [0.15, 0.2) is 52.9 Å². The molecule has 2 N–H and O–H groups in total. The van der Waals surface area contributed by atoms with Gasteiger partial charge in [-0.15, -0.1) is 10.2 Å². The molecule has 0 radical (unpaired) electrons. The van der Waals surface area contributed by atoms with Gasteiger partial charge in [0.2, 0.25) is 9.47 Å². The van der Waals surface area contributed by atoms with Crippen molar-refractivity contribution in [3.8, 4) is 0 Å².